The molecule has 2 aromatic heterocycles. The van der Waals surface area contributed by atoms with E-state index in [9.17, 15) is 24.0 Å². The van der Waals surface area contributed by atoms with Crippen molar-refractivity contribution < 1.29 is 23.4 Å². The molecule has 0 spiro atoms. The number of nitrogens with zero attached hydrogens (tertiary/aromatic N) is 4. The van der Waals surface area contributed by atoms with E-state index >= 15 is 0 Å². The van der Waals surface area contributed by atoms with Crippen molar-refractivity contribution in [3.8, 4) is 17.9 Å². The molecule has 0 bridgehead atoms. The molecule has 1 unspecified atom stereocenters. The molecule has 0 N–H and O–H groups in total. The van der Waals surface area contributed by atoms with Gasteiger partial charge in [0, 0.05) is 5.56 Å². The minimum Gasteiger partial charge on any atom is -0.496 e. The predicted molar refractivity (Wildman–Crippen MR) is 147 cm³/mol. The zero-order valence-electron chi connectivity index (χ0n) is 23.5. The van der Waals surface area contributed by atoms with Gasteiger partial charge in [0.25, 0.3) is 5.56 Å². The number of hydrogen-bond acceptors (Lipinski definition) is 9. The number of carbonyl (C=O) groups excluding carboxylic acids is 1. The fourth-order valence-electron chi connectivity index (χ4n) is 4.21. The number of halogens is 1. The van der Waals surface area contributed by atoms with Crippen LogP contribution < -0.4 is 16.0 Å². The van der Waals surface area contributed by atoms with E-state index in [1.54, 1.807) is 27.7 Å². The average molecular weight is 571 g/mol. The first-order valence-corrected chi connectivity index (χ1v) is 13.2. The van der Waals surface area contributed by atoms with Crippen molar-refractivity contribution >= 4 is 27.5 Å². The molecule has 10 nitrogen and oxygen atoms in total. The Morgan fingerprint density at radius 3 is 2.42 bits per heavy atom. The molecule has 1 aromatic carbocycles. The highest BCUT2D eigenvalue weighted by molar-refractivity contribution is 7.19. The highest BCUT2D eigenvalue weighted by atomic mass is 32.1. The van der Waals surface area contributed by atoms with Gasteiger partial charge in [-0.15, -0.1) is 11.3 Å². The summed E-state index contributed by atoms with van der Waals surface area (Å²) >= 11 is 0.954. The van der Waals surface area contributed by atoms with E-state index in [-0.39, 0.29) is 46.0 Å². The van der Waals surface area contributed by atoms with Crippen LogP contribution in [0.15, 0.2) is 27.8 Å². The first-order chi connectivity index (χ1) is 18.7. The lowest BCUT2D eigenvalue weighted by molar-refractivity contribution is -0.164. The van der Waals surface area contributed by atoms with Crippen molar-refractivity contribution in [1.29, 1.82) is 10.5 Å². The molecule has 0 fully saturated rings. The van der Waals surface area contributed by atoms with E-state index in [1.807, 2.05) is 12.1 Å². The van der Waals surface area contributed by atoms with Gasteiger partial charge in [-0.3, -0.25) is 9.36 Å². The molecular weight excluding hydrogens is 539 g/mol. The molecular formula is C28H31FN4O6S. The number of rotatable bonds is 9. The number of ether oxygens (including phenoxy) is 3. The van der Waals surface area contributed by atoms with Crippen LogP contribution in [0.5, 0.6) is 5.75 Å². The molecule has 3 aromatic rings. The van der Waals surface area contributed by atoms with Crippen molar-refractivity contribution in [2.75, 3.05) is 13.7 Å². The van der Waals surface area contributed by atoms with Crippen molar-refractivity contribution in [2.45, 2.75) is 71.8 Å². The van der Waals surface area contributed by atoms with E-state index in [4.69, 9.17) is 19.5 Å². The summed E-state index contributed by atoms with van der Waals surface area (Å²) in [5.41, 5.74) is -3.57. The van der Waals surface area contributed by atoms with Gasteiger partial charge in [-0.2, -0.15) is 10.5 Å². The molecule has 0 aliphatic carbocycles. The Kier molecular flexibility index (Phi) is 8.87. The summed E-state index contributed by atoms with van der Waals surface area (Å²) in [6.07, 6.45) is -0.969. The van der Waals surface area contributed by atoms with E-state index in [0.29, 0.717) is 5.56 Å². The quantitative estimate of drug-likeness (QED) is 0.274. The number of carbonyl (C=O) groups is 1. The highest BCUT2D eigenvalue weighted by Crippen LogP contribution is 2.33. The van der Waals surface area contributed by atoms with Gasteiger partial charge in [-0.05, 0) is 65.3 Å². The van der Waals surface area contributed by atoms with Crippen molar-refractivity contribution in [2.24, 2.45) is 0 Å². The second-order valence-electron chi connectivity index (χ2n) is 10.6. The van der Waals surface area contributed by atoms with Crippen LogP contribution in [0.3, 0.4) is 0 Å². The molecule has 40 heavy (non-hydrogen) atoms. The molecule has 12 heteroatoms. The van der Waals surface area contributed by atoms with E-state index in [1.165, 1.54) is 43.7 Å². The summed E-state index contributed by atoms with van der Waals surface area (Å²) in [6.45, 7) is 9.14. The van der Waals surface area contributed by atoms with Crippen molar-refractivity contribution in [1.82, 2.24) is 9.13 Å². The maximum absolute atomic E-state index is 14.3. The minimum absolute atomic E-state index is 0.0281. The van der Waals surface area contributed by atoms with Crippen LogP contribution in [-0.4, -0.2) is 34.4 Å². The Hall–Kier alpha value is -4.00. The van der Waals surface area contributed by atoms with Crippen LogP contribution >= 0.6 is 11.3 Å². The highest BCUT2D eigenvalue weighted by Gasteiger charge is 2.39. The van der Waals surface area contributed by atoms with E-state index < -0.39 is 40.3 Å². The number of thiophene rings is 1. The number of hydrogen-bond donors (Lipinski definition) is 0. The van der Waals surface area contributed by atoms with Crippen LogP contribution in [0.1, 0.15) is 63.1 Å². The molecule has 0 aliphatic heterocycles. The van der Waals surface area contributed by atoms with Crippen LogP contribution in [0.2, 0.25) is 0 Å². The van der Waals surface area contributed by atoms with Gasteiger partial charge >= 0.3 is 11.7 Å². The van der Waals surface area contributed by atoms with Crippen molar-refractivity contribution in [3.63, 3.8) is 0 Å². The topological polar surface area (TPSA) is 136 Å². The maximum atomic E-state index is 14.3. The zero-order chi connectivity index (χ0) is 30.0. The van der Waals surface area contributed by atoms with Gasteiger partial charge in [-0.25, -0.2) is 18.5 Å². The lowest BCUT2D eigenvalue weighted by Crippen LogP contribution is -2.54. The first-order valence-electron chi connectivity index (χ1n) is 12.4. The van der Waals surface area contributed by atoms with Gasteiger partial charge in [0.1, 0.15) is 44.6 Å². The smallest absolute Gasteiger partial charge is 0.333 e. The van der Waals surface area contributed by atoms with Crippen LogP contribution in [0, 0.1) is 35.4 Å². The number of aryl methyl sites for hydroxylation is 1. The predicted octanol–water partition coefficient (Wildman–Crippen LogP) is 4.30. The Morgan fingerprint density at radius 1 is 1.18 bits per heavy atom. The minimum atomic E-state index is -1.73. The second kappa shape index (κ2) is 11.6. The Bertz CT molecular complexity index is 1650. The third-order valence-corrected chi connectivity index (χ3v) is 7.41. The van der Waals surface area contributed by atoms with Crippen LogP contribution in [0.25, 0.3) is 10.2 Å². The van der Waals surface area contributed by atoms with Gasteiger partial charge < -0.3 is 14.2 Å². The lowest BCUT2D eigenvalue weighted by Gasteiger charge is -2.30. The Balaban J connectivity index is 2.35. The second-order valence-corrected chi connectivity index (χ2v) is 11.6. The third-order valence-electron chi connectivity index (χ3n) is 6.19. The van der Waals surface area contributed by atoms with Gasteiger partial charge in [0.05, 0.1) is 38.1 Å². The largest absolute Gasteiger partial charge is 0.496 e. The van der Waals surface area contributed by atoms with E-state index in [2.05, 4.69) is 0 Å². The molecule has 0 saturated heterocycles. The van der Waals surface area contributed by atoms with Gasteiger partial charge in [0.15, 0.2) is 0 Å². The molecule has 0 saturated carbocycles. The third kappa shape index (κ3) is 5.93. The summed E-state index contributed by atoms with van der Waals surface area (Å²) in [5.74, 6) is -1.08. The number of nitriles is 2. The zero-order valence-corrected chi connectivity index (χ0v) is 24.3. The lowest BCUT2D eigenvalue weighted by atomic mass is 10.0. The van der Waals surface area contributed by atoms with E-state index in [0.717, 1.165) is 15.9 Å². The summed E-state index contributed by atoms with van der Waals surface area (Å²) in [5, 5.41) is 18.8. The number of fused-ring (bicyclic) bond motifs is 1. The van der Waals surface area contributed by atoms with Gasteiger partial charge in [-0.1, -0.05) is 0 Å². The Labute approximate surface area is 234 Å². The average Bonchev–Trinajstić information content (AvgIpc) is 3.20. The Morgan fingerprint density at radius 2 is 1.85 bits per heavy atom. The number of esters is 1. The molecule has 0 aliphatic rings. The summed E-state index contributed by atoms with van der Waals surface area (Å²) < 4.78 is 33.3. The molecule has 212 valence electrons. The van der Waals surface area contributed by atoms with Crippen LogP contribution in [0.4, 0.5) is 4.39 Å². The first kappa shape index (κ1) is 30.5. The number of methoxy groups -OCH3 is 1. The maximum Gasteiger partial charge on any atom is 0.333 e. The number of aromatic nitrogens is 2. The monoisotopic (exact) mass is 570 g/mol. The molecule has 0 amide bonds. The van der Waals surface area contributed by atoms with Crippen LogP contribution in [-0.2, 0) is 26.4 Å². The summed E-state index contributed by atoms with van der Waals surface area (Å²) in [6, 6.07) is 7.86. The normalized spacial score (nSPS) is 12.6. The molecule has 2 heterocycles. The molecule has 0 radical (unpaired) electrons. The standard InChI is InChI=1S/C28H31FN4O6S/c1-16-21(14-31)40-24-22(16)23(34)33(28(5,6)25(35)39-27(2,3)4)26(36)32(24)15-20(38-12-8-11-30)18-13-17(29)9-10-19(18)37-7/h9-10,13,20H,8,12,15H2,1-7H3. The molecule has 1 atom stereocenters. The van der Waals surface area contributed by atoms with Gasteiger partial charge in [0.2, 0.25) is 0 Å². The molecule has 3 rings (SSSR count). The SMILES string of the molecule is COc1ccc(F)cc1C(Cn1c(=O)n(C(C)(C)C(=O)OC(C)(C)C)c(=O)c2c(C)c(C#N)sc21)OCCC#N. The van der Waals surface area contributed by atoms with Crippen molar-refractivity contribution in [3.05, 3.63) is 60.9 Å². The summed E-state index contributed by atoms with van der Waals surface area (Å²) in [7, 11) is 1.40. The fourth-order valence-corrected chi connectivity index (χ4v) is 5.31. The fraction of sp³-hybridized carbons (Fsp3) is 0.464. The number of benzene rings is 1. The summed E-state index contributed by atoms with van der Waals surface area (Å²) in [4.78, 5) is 41.5.